The summed E-state index contributed by atoms with van der Waals surface area (Å²) < 4.78 is 0. The molecule has 0 atom stereocenters. The van der Waals surface area contributed by atoms with Gasteiger partial charge in [-0.2, -0.15) is 0 Å². The van der Waals surface area contributed by atoms with Crippen molar-refractivity contribution in [3.8, 4) is 0 Å². The Morgan fingerprint density at radius 3 is 2.29 bits per heavy atom. The van der Waals surface area contributed by atoms with E-state index in [0.29, 0.717) is 0 Å². The molecule has 1 saturated heterocycles. The summed E-state index contributed by atoms with van der Waals surface area (Å²) in [6.45, 7) is 7.76. The Balaban J connectivity index is 2.64. The molecule has 0 spiro atoms. The van der Waals surface area contributed by atoms with E-state index < -0.39 is 0 Å². The van der Waals surface area contributed by atoms with E-state index in [-0.39, 0.29) is 5.91 Å². The van der Waals surface area contributed by atoms with Crippen LogP contribution in [0.25, 0.3) is 0 Å². The Bertz CT molecular complexity index is 270. The highest BCUT2D eigenvalue weighted by atomic mass is 16.2. The number of amides is 1. The lowest BCUT2D eigenvalue weighted by Crippen LogP contribution is -2.28. The minimum absolute atomic E-state index is 0.198. The van der Waals surface area contributed by atoms with Crippen molar-refractivity contribution in [2.24, 2.45) is 0 Å². The molecule has 0 saturated carbocycles. The molecule has 1 fully saturated rings. The minimum Gasteiger partial charge on any atom is -0.339 e. The van der Waals surface area contributed by atoms with Crippen molar-refractivity contribution in [2.45, 2.75) is 33.6 Å². The molecule has 1 amide bonds. The maximum atomic E-state index is 11.8. The second kappa shape index (κ2) is 4.99. The SMILES string of the molecule is C/C=C(C)\C=C(/C)C(=O)N1CCCC1. The molecule has 2 nitrogen and oxygen atoms in total. The van der Waals surface area contributed by atoms with Gasteiger partial charge in [-0.15, -0.1) is 0 Å². The normalized spacial score (nSPS) is 18.9. The Morgan fingerprint density at radius 2 is 1.79 bits per heavy atom. The molecule has 0 bridgehead atoms. The van der Waals surface area contributed by atoms with Crippen LogP contribution in [0.1, 0.15) is 33.6 Å². The monoisotopic (exact) mass is 193 g/mol. The van der Waals surface area contributed by atoms with Gasteiger partial charge in [0.1, 0.15) is 0 Å². The maximum absolute atomic E-state index is 11.8. The summed E-state index contributed by atoms with van der Waals surface area (Å²) in [7, 11) is 0. The van der Waals surface area contributed by atoms with Gasteiger partial charge in [-0.25, -0.2) is 0 Å². The van der Waals surface area contributed by atoms with Crippen molar-refractivity contribution < 1.29 is 4.79 Å². The van der Waals surface area contributed by atoms with Gasteiger partial charge in [0.15, 0.2) is 0 Å². The Morgan fingerprint density at radius 1 is 1.21 bits per heavy atom. The summed E-state index contributed by atoms with van der Waals surface area (Å²) in [5, 5.41) is 0. The molecule has 1 aliphatic rings. The standard InChI is InChI=1S/C12H19NO/c1-4-10(2)9-11(3)12(14)13-7-5-6-8-13/h4,9H,5-8H2,1-3H3/b10-4-,11-9+. The van der Waals surface area contributed by atoms with E-state index in [0.717, 1.165) is 37.1 Å². The highest BCUT2D eigenvalue weighted by Gasteiger charge is 2.18. The number of hydrogen-bond acceptors (Lipinski definition) is 1. The van der Waals surface area contributed by atoms with Crippen LogP contribution in [0.4, 0.5) is 0 Å². The number of nitrogens with zero attached hydrogens (tertiary/aromatic N) is 1. The molecule has 0 radical (unpaired) electrons. The summed E-state index contributed by atoms with van der Waals surface area (Å²) in [5.74, 6) is 0.198. The number of allylic oxidation sites excluding steroid dienone is 3. The van der Waals surface area contributed by atoms with Gasteiger partial charge in [0, 0.05) is 18.7 Å². The van der Waals surface area contributed by atoms with Crippen LogP contribution in [0.2, 0.25) is 0 Å². The largest absolute Gasteiger partial charge is 0.339 e. The number of carbonyl (C=O) groups is 1. The van der Waals surface area contributed by atoms with Crippen LogP contribution in [0, 0.1) is 0 Å². The predicted octanol–water partition coefficient (Wildman–Crippen LogP) is 2.52. The van der Waals surface area contributed by atoms with Crippen molar-refractivity contribution >= 4 is 5.91 Å². The van der Waals surface area contributed by atoms with Gasteiger partial charge in [0.25, 0.3) is 0 Å². The molecule has 0 aliphatic carbocycles. The van der Waals surface area contributed by atoms with Crippen LogP contribution in [-0.4, -0.2) is 23.9 Å². The molecule has 1 rings (SSSR count). The van der Waals surface area contributed by atoms with E-state index in [9.17, 15) is 4.79 Å². The Kier molecular flexibility index (Phi) is 3.93. The summed E-state index contributed by atoms with van der Waals surface area (Å²) in [5.41, 5.74) is 2.00. The van der Waals surface area contributed by atoms with E-state index in [1.807, 2.05) is 37.8 Å². The van der Waals surface area contributed by atoms with E-state index in [1.165, 1.54) is 0 Å². The lowest BCUT2D eigenvalue weighted by Gasteiger charge is -2.15. The first kappa shape index (κ1) is 11.0. The smallest absolute Gasteiger partial charge is 0.249 e. The fourth-order valence-corrected chi connectivity index (χ4v) is 1.66. The van der Waals surface area contributed by atoms with E-state index in [4.69, 9.17) is 0 Å². The predicted molar refractivity (Wildman–Crippen MR) is 59.0 cm³/mol. The van der Waals surface area contributed by atoms with E-state index >= 15 is 0 Å². The zero-order valence-corrected chi connectivity index (χ0v) is 9.34. The van der Waals surface area contributed by atoms with Gasteiger partial charge in [0.05, 0.1) is 0 Å². The first-order valence-corrected chi connectivity index (χ1v) is 5.25. The van der Waals surface area contributed by atoms with Gasteiger partial charge < -0.3 is 4.90 Å². The maximum Gasteiger partial charge on any atom is 0.249 e. The van der Waals surface area contributed by atoms with Crippen LogP contribution in [0.5, 0.6) is 0 Å². The zero-order valence-electron chi connectivity index (χ0n) is 9.34. The molecule has 1 heterocycles. The summed E-state index contributed by atoms with van der Waals surface area (Å²) in [6, 6.07) is 0. The van der Waals surface area contributed by atoms with E-state index in [2.05, 4.69) is 0 Å². The molecular formula is C12H19NO. The van der Waals surface area contributed by atoms with Gasteiger partial charge in [0.2, 0.25) is 5.91 Å². The van der Waals surface area contributed by atoms with Crippen LogP contribution in [0.3, 0.4) is 0 Å². The molecule has 0 N–H and O–H groups in total. The summed E-state index contributed by atoms with van der Waals surface area (Å²) in [6.07, 6.45) is 6.28. The highest BCUT2D eigenvalue weighted by molar-refractivity contribution is 5.93. The lowest BCUT2D eigenvalue weighted by atomic mass is 10.1. The third-order valence-electron chi connectivity index (χ3n) is 2.63. The second-order valence-electron chi connectivity index (χ2n) is 3.86. The average Bonchev–Trinajstić information content (AvgIpc) is 2.69. The fraction of sp³-hybridized carbons (Fsp3) is 0.583. The number of hydrogen-bond donors (Lipinski definition) is 0. The highest BCUT2D eigenvalue weighted by Crippen LogP contribution is 2.12. The van der Waals surface area contributed by atoms with Crippen molar-refractivity contribution in [3.05, 3.63) is 23.3 Å². The molecule has 2 heteroatoms. The van der Waals surface area contributed by atoms with Gasteiger partial charge in [-0.1, -0.05) is 17.7 Å². The van der Waals surface area contributed by atoms with Gasteiger partial charge in [-0.05, 0) is 33.6 Å². The first-order chi connectivity index (χ1) is 6.65. The van der Waals surface area contributed by atoms with Gasteiger partial charge in [-0.3, -0.25) is 4.79 Å². The molecule has 0 aromatic heterocycles. The van der Waals surface area contributed by atoms with Crippen LogP contribution in [0.15, 0.2) is 23.3 Å². The molecule has 0 unspecified atom stereocenters. The second-order valence-corrected chi connectivity index (χ2v) is 3.86. The lowest BCUT2D eigenvalue weighted by molar-refractivity contribution is -0.126. The van der Waals surface area contributed by atoms with Crippen molar-refractivity contribution in [3.63, 3.8) is 0 Å². The van der Waals surface area contributed by atoms with Gasteiger partial charge >= 0.3 is 0 Å². The molecule has 0 aromatic rings. The van der Waals surface area contributed by atoms with Crippen LogP contribution >= 0.6 is 0 Å². The number of carbonyl (C=O) groups excluding carboxylic acids is 1. The quantitative estimate of drug-likeness (QED) is 0.487. The molecule has 0 aromatic carbocycles. The number of rotatable bonds is 2. The molecule has 1 aliphatic heterocycles. The third kappa shape index (κ3) is 2.72. The average molecular weight is 193 g/mol. The molecular weight excluding hydrogens is 174 g/mol. The Labute approximate surface area is 86.3 Å². The molecule has 78 valence electrons. The van der Waals surface area contributed by atoms with Crippen LogP contribution < -0.4 is 0 Å². The van der Waals surface area contributed by atoms with E-state index in [1.54, 1.807) is 0 Å². The summed E-state index contributed by atoms with van der Waals surface area (Å²) in [4.78, 5) is 13.8. The van der Waals surface area contributed by atoms with Crippen molar-refractivity contribution in [1.82, 2.24) is 4.90 Å². The topological polar surface area (TPSA) is 20.3 Å². The Hall–Kier alpha value is -1.05. The summed E-state index contributed by atoms with van der Waals surface area (Å²) >= 11 is 0. The number of likely N-dealkylation sites (tertiary alicyclic amines) is 1. The minimum atomic E-state index is 0.198. The van der Waals surface area contributed by atoms with Crippen molar-refractivity contribution in [2.75, 3.05) is 13.1 Å². The van der Waals surface area contributed by atoms with Crippen LogP contribution in [-0.2, 0) is 4.79 Å². The molecule has 14 heavy (non-hydrogen) atoms. The fourth-order valence-electron chi connectivity index (χ4n) is 1.66. The first-order valence-electron chi connectivity index (χ1n) is 5.25. The zero-order chi connectivity index (χ0) is 10.6. The van der Waals surface area contributed by atoms with Crippen molar-refractivity contribution in [1.29, 1.82) is 0 Å². The third-order valence-corrected chi connectivity index (χ3v) is 2.63.